The summed E-state index contributed by atoms with van der Waals surface area (Å²) in [7, 11) is 0. The van der Waals surface area contributed by atoms with Gasteiger partial charge in [0.15, 0.2) is 0 Å². The van der Waals surface area contributed by atoms with Gasteiger partial charge in [-0.05, 0) is 37.1 Å². The molecule has 5 heteroatoms. The van der Waals surface area contributed by atoms with Crippen molar-refractivity contribution in [1.29, 1.82) is 0 Å². The van der Waals surface area contributed by atoms with Crippen LogP contribution in [0.3, 0.4) is 0 Å². The number of nitrogens with zero attached hydrogens (tertiary/aromatic N) is 4. The lowest BCUT2D eigenvalue weighted by Crippen LogP contribution is -2.00. The second-order valence-electron chi connectivity index (χ2n) is 4.53. The van der Waals surface area contributed by atoms with E-state index in [1.54, 1.807) is 17.5 Å². The van der Waals surface area contributed by atoms with E-state index in [4.69, 9.17) is 0 Å². The van der Waals surface area contributed by atoms with E-state index in [1.807, 2.05) is 29.2 Å². The smallest absolute Gasteiger partial charge is 0.123 e. The van der Waals surface area contributed by atoms with Crippen LogP contribution in [-0.4, -0.2) is 20.0 Å². The Hall–Kier alpha value is -2.01. The van der Waals surface area contributed by atoms with E-state index in [0.717, 1.165) is 11.3 Å². The van der Waals surface area contributed by atoms with Gasteiger partial charge < -0.3 is 0 Å². The predicted molar refractivity (Wildman–Crippen MR) is 76.1 cm³/mol. The van der Waals surface area contributed by atoms with Gasteiger partial charge in [0.25, 0.3) is 0 Å². The van der Waals surface area contributed by atoms with Crippen LogP contribution in [0.5, 0.6) is 0 Å². The fraction of sp³-hybridized carbons (Fsp3) is 0.214. The van der Waals surface area contributed by atoms with Gasteiger partial charge in [0.1, 0.15) is 5.69 Å². The zero-order valence-corrected chi connectivity index (χ0v) is 11.7. The Balaban J connectivity index is 1.86. The first-order valence-electron chi connectivity index (χ1n) is 6.09. The number of pyridine rings is 1. The first kappa shape index (κ1) is 12.0. The SMILES string of the molecule is Cc1cc(C)c(-c2cn(Cc3cccnc3)nn2)s1. The summed E-state index contributed by atoms with van der Waals surface area (Å²) >= 11 is 1.76. The fourth-order valence-corrected chi connectivity index (χ4v) is 3.03. The van der Waals surface area contributed by atoms with Crippen molar-refractivity contribution < 1.29 is 0 Å². The van der Waals surface area contributed by atoms with Crippen LogP contribution in [0.2, 0.25) is 0 Å². The normalized spacial score (nSPS) is 10.8. The van der Waals surface area contributed by atoms with Crippen molar-refractivity contribution in [2.45, 2.75) is 20.4 Å². The maximum atomic E-state index is 4.26. The molecule has 0 spiro atoms. The zero-order valence-electron chi connectivity index (χ0n) is 10.9. The molecular weight excluding hydrogens is 256 g/mol. The topological polar surface area (TPSA) is 43.6 Å². The lowest BCUT2D eigenvalue weighted by Gasteiger charge is -1.98. The van der Waals surface area contributed by atoms with Crippen LogP contribution >= 0.6 is 11.3 Å². The minimum atomic E-state index is 0.699. The van der Waals surface area contributed by atoms with Crippen molar-refractivity contribution in [3.8, 4) is 10.6 Å². The molecule has 0 amide bonds. The largest absolute Gasteiger partial charge is 0.264 e. The Morgan fingerprint density at radius 2 is 2.21 bits per heavy atom. The summed E-state index contributed by atoms with van der Waals surface area (Å²) < 4.78 is 1.85. The van der Waals surface area contributed by atoms with E-state index >= 15 is 0 Å². The maximum absolute atomic E-state index is 4.26. The molecule has 0 saturated carbocycles. The quantitative estimate of drug-likeness (QED) is 0.734. The van der Waals surface area contributed by atoms with Crippen LogP contribution in [0.4, 0.5) is 0 Å². The molecule has 3 rings (SSSR count). The molecule has 96 valence electrons. The van der Waals surface area contributed by atoms with Gasteiger partial charge in [-0.1, -0.05) is 11.3 Å². The lowest BCUT2D eigenvalue weighted by molar-refractivity contribution is 0.648. The molecule has 4 nitrogen and oxygen atoms in total. The Kier molecular flexibility index (Phi) is 3.13. The standard InChI is InChI=1S/C14H14N4S/c1-10-6-11(2)19-14(10)13-9-18(17-16-13)8-12-4-3-5-15-7-12/h3-7,9H,8H2,1-2H3. The summed E-state index contributed by atoms with van der Waals surface area (Å²) in [5.41, 5.74) is 3.33. The number of aromatic nitrogens is 4. The molecule has 19 heavy (non-hydrogen) atoms. The number of hydrogen-bond acceptors (Lipinski definition) is 4. The highest BCUT2D eigenvalue weighted by molar-refractivity contribution is 7.15. The molecule has 0 aliphatic rings. The molecule has 0 aliphatic heterocycles. The first-order chi connectivity index (χ1) is 9.22. The average molecular weight is 270 g/mol. The fourth-order valence-electron chi connectivity index (χ4n) is 2.05. The van der Waals surface area contributed by atoms with Crippen molar-refractivity contribution >= 4 is 11.3 Å². The number of rotatable bonds is 3. The highest BCUT2D eigenvalue weighted by Gasteiger charge is 2.10. The summed E-state index contributed by atoms with van der Waals surface area (Å²) in [6, 6.07) is 6.15. The Morgan fingerprint density at radius 3 is 2.89 bits per heavy atom. The molecule has 3 aromatic rings. The minimum Gasteiger partial charge on any atom is -0.264 e. The van der Waals surface area contributed by atoms with E-state index in [1.165, 1.54) is 15.3 Å². The molecule has 0 aliphatic carbocycles. The van der Waals surface area contributed by atoms with E-state index in [-0.39, 0.29) is 0 Å². The van der Waals surface area contributed by atoms with Crippen molar-refractivity contribution in [3.05, 3.63) is 52.8 Å². The highest BCUT2D eigenvalue weighted by Crippen LogP contribution is 2.30. The van der Waals surface area contributed by atoms with E-state index in [0.29, 0.717) is 6.54 Å². The van der Waals surface area contributed by atoms with Gasteiger partial charge in [0, 0.05) is 17.3 Å². The van der Waals surface area contributed by atoms with Gasteiger partial charge in [-0.25, -0.2) is 4.68 Å². The second kappa shape index (κ2) is 4.93. The molecule has 0 unspecified atom stereocenters. The molecule has 3 heterocycles. The molecule has 0 N–H and O–H groups in total. The lowest BCUT2D eigenvalue weighted by atomic mass is 10.2. The monoisotopic (exact) mass is 270 g/mol. The molecular formula is C14H14N4S. The Labute approximate surface area is 115 Å². The van der Waals surface area contributed by atoms with Crippen LogP contribution in [0.25, 0.3) is 10.6 Å². The third kappa shape index (κ3) is 2.56. The second-order valence-corrected chi connectivity index (χ2v) is 5.79. The third-order valence-corrected chi connectivity index (χ3v) is 4.05. The minimum absolute atomic E-state index is 0.699. The molecule has 0 fully saturated rings. The Morgan fingerprint density at radius 1 is 1.32 bits per heavy atom. The van der Waals surface area contributed by atoms with Gasteiger partial charge in [-0.3, -0.25) is 4.98 Å². The van der Waals surface area contributed by atoms with E-state index in [2.05, 4.69) is 35.2 Å². The zero-order chi connectivity index (χ0) is 13.2. The molecule has 0 aromatic carbocycles. The summed E-state index contributed by atoms with van der Waals surface area (Å²) in [6.45, 7) is 4.92. The van der Waals surface area contributed by atoms with Crippen molar-refractivity contribution in [2.75, 3.05) is 0 Å². The van der Waals surface area contributed by atoms with Gasteiger partial charge in [-0.2, -0.15) is 0 Å². The van der Waals surface area contributed by atoms with Crippen molar-refractivity contribution in [3.63, 3.8) is 0 Å². The number of thiophene rings is 1. The molecule has 0 atom stereocenters. The molecule has 0 radical (unpaired) electrons. The van der Waals surface area contributed by atoms with Crippen LogP contribution in [0, 0.1) is 13.8 Å². The highest BCUT2D eigenvalue weighted by atomic mass is 32.1. The van der Waals surface area contributed by atoms with Gasteiger partial charge in [-0.15, -0.1) is 16.4 Å². The summed E-state index contributed by atoms with van der Waals surface area (Å²) in [4.78, 5) is 6.61. The van der Waals surface area contributed by atoms with Crippen LogP contribution < -0.4 is 0 Å². The maximum Gasteiger partial charge on any atom is 0.123 e. The summed E-state index contributed by atoms with van der Waals surface area (Å²) in [5.74, 6) is 0. The van der Waals surface area contributed by atoms with Crippen LogP contribution in [0.1, 0.15) is 16.0 Å². The summed E-state index contributed by atoms with van der Waals surface area (Å²) in [6.07, 6.45) is 5.61. The average Bonchev–Trinajstić information content (AvgIpc) is 2.97. The molecule has 0 saturated heterocycles. The number of hydrogen-bond donors (Lipinski definition) is 0. The molecule has 0 bridgehead atoms. The van der Waals surface area contributed by atoms with E-state index in [9.17, 15) is 0 Å². The summed E-state index contributed by atoms with van der Waals surface area (Å²) in [5, 5.41) is 8.44. The van der Waals surface area contributed by atoms with Crippen molar-refractivity contribution in [1.82, 2.24) is 20.0 Å². The van der Waals surface area contributed by atoms with Crippen LogP contribution in [0.15, 0.2) is 36.8 Å². The van der Waals surface area contributed by atoms with Crippen molar-refractivity contribution in [2.24, 2.45) is 0 Å². The van der Waals surface area contributed by atoms with E-state index < -0.39 is 0 Å². The predicted octanol–water partition coefficient (Wildman–Crippen LogP) is 3.07. The van der Waals surface area contributed by atoms with Crippen LogP contribution in [-0.2, 0) is 6.54 Å². The third-order valence-electron chi connectivity index (χ3n) is 2.88. The number of aryl methyl sites for hydroxylation is 2. The Bertz CT molecular complexity index is 685. The van der Waals surface area contributed by atoms with Gasteiger partial charge in [0.2, 0.25) is 0 Å². The van der Waals surface area contributed by atoms with Gasteiger partial charge in [0.05, 0.1) is 17.6 Å². The van der Waals surface area contributed by atoms with Gasteiger partial charge >= 0.3 is 0 Å². The molecule has 3 aromatic heterocycles. The first-order valence-corrected chi connectivity index (χ1v) is 6.90.